The molecule has 1 heterocycles. The fraction of sp³-hybridized carbons (Fsp3) is 0. The maximum Gasteiger partial charge on any atom is 0.201 e. The predicted molar refractivity (Wildman–Crippen MR) is 46.0 cm³/mol. The van der Waals surface area contributed by atoms with Gasteiger partial charge in [-0.3, -0.25) is 4.98 Å². The molecule has 12 heavy (non-hydrogen) atoms. The van der Waals surface area contributed by atoms with Gasteiger partial charge in [0, 0.05) is 11.6 Å². The van der Waals surface area contributed by atoms with Gasteiger partial charge >= 0.3 is 0 Å². The summed E-state index contributed by atoms with van der Waals surface area (Å²) < 4.78 is 22.4. The SMILES string of the molecule is C=CS(=O)(=O)c1ccncc1N. The van der Waals surface area contributed by atoms with Gasteiger partial charge in [-0.25, -0.2) is 8.42 Å². The maximum atomic E-state index is 11.2. The summed E-state index contributed by atoms with van der Waals surface area (Å²) in [7, 11) is -3.43. The molecule has 0 aliphatic carbocycles. The standard InChI is InChI=1S/C7H8N2O2S/c1-2-12(10,11)7-3-4-9-5-6(7)8/h2-5H,1,8H2. The minimum Gasteiger partial charge on any atom is -0.396 e. The first-order valence-electron chi connectivity index (χ1n) is 3.15. The topological polar surface area (TPSA) is 73.0 Å². The summed E-state index contributed by atoms with van der Waals surface area (Å²) in [6.07, 6.45) is 2.66. The quantitative estimate of drug-likeness (QED) is 0.729. The Morgan fingerprint density at radius 3 is 2.75 bits per heavy atom. The summed E-state index contributed by atoms with van der Waals surface area (Å²) in [6, 6.07) is 1.34. The zero-order valence-electron chi connectivity index (χ0n) is 6.27. The van der Waals surface area contributed by atoms with E-state index >= 15 is 0 Å². The number of hydrogen-bond acceptors (Lipinski definition) is 4. The van der Waals surface area contributed by atoms with E-state index in [4.69, 9.17) is 5.73 Å². The first-order valence-corrected chi connectivity index (χ1v) is 4.69. The Balaban J connectivity index is 3.39. The van der Waals surface area contributed by atoms with Crippen LogP contribution in [-0.2, 0) is 9.84 Å². The molecule has 0 amide bonds. The van der Waals surface area contributed by atoms with Gasteiger partial charge in [-0.1, -0.05) is 6.58 Å². The summed E-state index contributed by atoms with van der Waals surface area (Å²) in [5.41, 5.74) is 5.53. The Morgan fingerprint density at radius 2 is 2.25 bits per heavy atom. The lowest BCUT2D eigenvalue weighted by Gasteiger charge is -2.00. The van der Waals surface area contributed by atoms with E-state index in [-0.39, 0.29) is 10.6 Å². The molecular weight excluding hydrogens is 176 g/mol. The van der Waals surface area contributed by atoms with Gasteiger partial charge in [0.15, 0.2) is 0 Å². The summed E-state index contributed by atoms with van der Waals surface area (Å²) >= 11 is 0. The number of hydrogen-bond donors (Lipinski definition) is 1. The van der Waals surface area contributed by atoms with E-state index in [0.29, 0.717) is 0 Å². The maximum absolute atomic E-state index is 11.2. The van der Waals surface area contributed by atoms with E-state index in [1.54, 1.807) is 0 Å². The monoisotopic (exact) mass is 184 g/mol. The Kier molecular flexibility index (Phi) is 2.14. The Labute approximate surface area is 70.7 Å². The second kappa shape index (κ2) is 2.94. The van der Waals surface area contributed by atoms with Crippen LogP contribution in [0.2, 0.25) is 0 Å². The molecule has 4 nitrogen and oxygen atoms in total. The number of aromatic nitrogens is 1. The van der Waals surface area contributed by atoms with Crippen molar-refractivity contribution in [3.05, 3.63) is 30.4 Å². The van der Waals surface area contributed by atoms with Crippen molar-refractivity contribution in [1.29, 1.82) is 0 Å². The first kappa shape index (κ1) is 8.73. The molecule has 1 aromatic heterocycles. The fourth-order valence-corrected chi connectivity index (χ4v) is 1.55. The van der Waals surface area contributed by atoms with Crippen LogP contribution in [-0.4, -0.2) is 13.4 Å². The summed E-state index contributed by atoms with van der Waals surface area (Å²) in [5, 5.41) is 0.860. The van der Waals surface area contributed by atoms with Crippen molar-refractivity contribution >= 4 is 15.5 Å². The number of anilines is 1. The Hall–Kier alpha value is -1.36. The lowest BCUT2D eigenvalue weighted by Crippen LogP contribution is -2.01. The lowest BCUT2D eigenvalue weighted by atomic mass is 10.4. The number of nitrogens with zero attached hydrogens (tertiary/aromatic N) is 1. The van der Waals surface area contributed by atoms with Gasteiger partial charge < -0.3 is 5.73 Å². The number of sulfone groups is 1. The van der Waals surface area contributed by atoms with Crippen LogP contribution in [0, 0.1) is 0 Å². The van der Waals surface area contributed by atoms with Gasteiger partial charge in [0.2, 0.25) is 9.84 Å². The van der Waals surface area contributed by atoms with E-state index in [0.717, 1.165) is 5.41 Å². The molecule has 0 bridgehead atoms. The van der Waals surface area contributed by atoms with Gasteiger partial charge in [0.05, 0.1) is 16.8 Å². The van der Waals surface area contributed by atoms with Gasteiger partial charge in [0.1, 0.15) is 0 Å². The highest BCUT2D eigenvalue weighted by atomic mass is 32.2. The molecule has 0 aliphatic rings. The van der Waals surface area contributed by atoms with Crippen molar-refractivity contribution in [2.75, 3.05) is 5.73 Å². The van der Waals surface area contributed by atoms with Crippen LogP contribution in [0.5, 0.6) is 0 Å². The van der Waals surface area contributed by atoms with E-state index < -0.39 is 9.84 Å². The molecule has 0 saturated carbocycles. The molecule has 1 aromatic rings. The second-order valence-electron chi connectivity index (χ2n) is 2.13. The predicted octanol–water partition coefficient (Wildman–Crippen LogP) is 0.581. The summed E-state index contributed by atoms with van der Waals surface area (Å²) in [4.78, 5) is 3.72. The molecule has 0 spiro atoms. The molecule has 0 radical (unpaired) electrons. The number of nitrogen functional groups attached to an aromatic ring is 1. The highest BCUT2D eigenvalue weighted by Crippen LogP contribution is 2.17. The first-order chi connectivity index (χ1) is 5.58. The van der Waals surface area contributed by atoms with Crippen LogP contribution in [0.4, 0.5) is 5.69 Å². The second-order valence-corrected chi connectivity index (χ2v) is 3.99. The van der Waals surface area contributed by atoms with Gasteiger partial charge in [-0.15, -0.1) is 0 Å². The molecule has 64 valence electrons. The minimum atomic E-state index is -3.43. The average Bonchev–Trinajstić information content (AvgIpc) is 2.05. The van der Waals surface area contributed by atoms with Crippen LogP contribution < -0.4 is 5.73 Å². The summed E-state index contributed by atoms with van der Waals surface area (Å²) in [6.45, 7) is 3.19. The lowest BCUT2D eigenvalue weighted by molar-refractivity contribution is 0.605. The minimum absolute atomic E-state index is 0.0486. The van der Waals surface area contributed by atoms with Crippen molar-refractivity contribution in [2.24, 2.45) is 0 Å². The van der Waals surface area contributed by atoms with E-state index in [2.05, 4.69) is 11.6 Å². The largest absolute Gasteiger partial charge is 0.396 e. The third-order valence-corrected chi connectivity index (χ3v) is 2.76. The van der Waals surface area contributed by atoms with Gasteiger partial charge in [0.25, 0.3) is 0 Å². The van der Waals surface area contributed by atoms with Crippen LogP contribution in [0.25, 0.3) is 0 Å². The zero-order chi connectivity index (χ0) is 9.19. The molecule has 0 saturated heterocycles. The van der Waals surface area contributed by atoms with Crippen molar-refractivity contribution in [3.8, 4) is 0 Å². The third kappa shape index (κ3) is 1.45. The van der Waals surface area contributed by atoms with Crippen molar-refractivity contribution in [3.63, 3.8) is 0 Å². The van der Waals surface area contributed by atoms with Crippen molar-refractivity contribution in [1.82, 2.24) is 4.98 Å². The molecule has 0 unspecified atom stereocenters. The van der Waals surface area contributed by atoms with Crippen molar-refractivity contribution < 1.29 is 8.42 Å². The Bertz CT molecular complexity index is 398. The highest BCUT2D eigenvalue weighted by Gasteiger charge is 2.12. The van der Waals surface area contributed by atoms with Crippen LogP contribution in [0.15, 0.2) is 35.3 Å². The van der Waals surface area contributed by atoms with E-state index in [1.165, 1.54) is 18.5 Å². The molecule has 0 atom stereocenters. The number of nitrogens with two attached hydrogens (primary N) is 1. The zero-order valence-corrected chi connectivity index (χ0v) is 7.08. The fourth-order valence-electron chi connectivity index (χ4n) is 0.743. The normalized spacial score (nSPS) is 11.0. The molecule has 0 aliphatic heterocycles. The highest BCUT2D eigenvalue weighted by molar-refractivity contribution is 7.94. The van der Waals surface area contributed by atoms with Crippen LogP contribution in [0.1, 0.15) is 0 Å². The summed E-state index contributed by atoms with van der Waals surface area (Å²) in [5.74, 6) is 0. The smallest absolute Gasteiger partial charge is 0.201 e. The van der Waals surface area contributed by atoms with Gasteiger partial charge in [-0.05, 0) is 6.07 Å². The Morgan fingerprint density at radius 1 is 1.58 bits per heavy atom. The third-order valence-electron chi connectivity index (χ3n) is 1.34. The van der Waals surface area contributed by atoms with Gasteiger partial charge in [-0.2, -0.15) is 0 Å². The number of rotatable bonds is 2. The van der Waals surface area contributed by atoms with E-state index in [9.17, 15) is 8.42 Å². The van der Waals surface area contributed by atoms with Crippen molar-refractivity contribution in [2.45, 2.75) is 4.90 Å². The molecule has 2 N–H and O–H groups in total. The van der Waals surface area contributed by atoms with Crippen LogP contribution in [0.3, 0.4) is 0 Å². The van der Waals surface area contributed by atoms with Crippen LogP contribution >= 0.6 is 0 Å². The molecule has 1 rings (SSSR count). The van der Waals surface area contributed by atoms with E-state index in [1.807, 2.05) is 0 Å². The average molecular weight is 184 g/mol. The molecule has 0 fully saturated rings. The molecule has 0 aromatic carbocycles. The number of pyridine rings is 1. The molecular formula is C7H8N2O2S. The molecule has 5 heteroatoms.